The Kier molecular flexibility index (Phi) is 8.63. The molecule has 3 amide bonds. The van der Waals surface area contributed by atoms with Crippen molar-refractivity contribution in [3.05, 3.63) is 74.9 Å². The molecule has 1 fully saturated rings. The van der Waals surface area contributed by atoms with Crippen molar-refractivity contribution in [2.45, 2.75) is 28.7 Å². The van der Waals surface area contributed by atoms with Gasteiger partial charge in [-0.1, -0.05) is 46.8 Å². The van der Waals surface area contributed by atoms with Crippen LogP contribution in [0.5, 0.6) is 11.5 Å². The van der Waals surface area contributed by atoms with Crippen LogP contribution < -0.4 is 10.6 Å². The third-order valence-electron chi connectivity index (χ3n) is 6.40. The van der Waals surface area contributed by atoms with Crippen LogP contribution in [-0.2, 0) is 14.4 Å². The van der Waals surface area contributed by atoms with Gasteiger partial charge in [-0.3, -0.25) is 19.3 Å². The monoisotopic (exact) mass is 647 g/mol. The van der Waals surface area contributed by atoms with Gasteiger partial charge in [-0.2, -0.15) is 0 Å². The van der Waals surface area contributed by atoms with E-state index in [1.54, 1.807) is 0 Å². The maximum absolute atomic E-state index is 13.5. The highest BCUT2D eigenvalue weighted by Gasteiger charge is 2.54. The van der Waals surface area contributed by atoms with Crippen molar-refractivity contribution in [2.75, 3.05) is 11.5 Å². The van der Waals surface area contributed by atoms with Gasteiger partial charge in [0.05, 0.1) is 5.02 Å². The Morgan fingerprint density at radius 3 is 2.55 bits per heavy atom. The van der Waals surface area contributed by atoms with E-state index in [9.17, 15) is 34.5 Å². The highest BCUT2D eigenvalue weighted by Crippen LogP contribution is 2.42. The Hall–Kier alpha value is -3.79. The number of phenols is 2. The fraction of sp³-hybridized carbons (Fsp3) is 0.231. The minimum atomic E-state index is -1.28. The number of benzene rings is 2. The Labute approximate surface area is 256 Å². The minimum absolute atomic E-state index is 0.0544. The fourth-order valence-corrected chi connectivity index (χ4v) is 7.83. The van der Waals surface area contributed by atoms with E-state index < -0.39 is 41.1 Å². The maximum atomic E-state index is 13.5. The summed E-state index contributed by atoms with van der Waals surface area (Å²) in [6.45, 7) is 1.82. The molecule has 0 aliphatic carbocycles. The number of amides is 3. The zero-order valence-corrected chi connectivity index (χ0v) is 24.8. The van der Waals surface area contributed by atoms with Crippen molar-refractivity contribution in [3.63, 3.8) is 0 Å². The van der Waals surface area contributed by atoms with Crippen molar-refractivity contribution >= 4 is 70.2 Å². The number of aromatic nitrogens is 2. The summed E-state index contributed by atoms with van der Waals surface area (Å²) in [6, 6.07) is 7.09. The first kappa shape index (κ1) is 29.7. The molecule has 2 aromatic carbocycles. The number of nitrogens with one attached hydrogen (secondary N) is 2. The smallest absolute Gasteiger partial charge is 0.352 e. The molecule has 1 saturated heterocycles. The molecule has 42 heavy (non-hydrogen) atoms. The number of phenolic OH excluding ortho intramolecular Hbond substituents is 2. The normalized spacial score (nSPS) is 18.6. The number of thioether (sulfide) groups is 2. The molecule has 3 aromatic rings. The van der Waals surface area contributed by atoms with E-state index in [0.717, 1.165) is 5.01 Å². The SMILES string of the molecule is Cc1nnc(SCC2=C(C(=O)O)N3C(=O)C(NC(=O)C(NC(=O)c4ccc(O)c(Cl)c4)c4ccc(O)cc4)[C@H]3SC2)s1. The molecule has 2 aliphatic rings. The Balaban J connectivity index is 1.33. The van der Waals surface area contributed by atoms with Crippen molar-refractivity contribution in [2.24, 2.45) is 0 Å². The van der Waals surface area contributed by atoms with Crippen LogP contribution in [0.4, 0.5) is 0 Å². The summed E-state index contributed by atoms with van der Waals surface area (Å²) >= 11 is 9.98. The molecule has 3 atom stereocenters. The summed E-state index contributed by atoms with van der Waals surface area (Å²) in [5, 5.41) is 42.7. The molecule has 218 valence electrons. The molecule has 2 unspecified atom stereocenters. The number of halogens is 1. The van der Waals surface area contributed by atoms with E-state index in [1.807, 2.05) is 6.92 Å². The molecule has 16 heteroatoms. The summed E-state index contributed by atoms with van der Waals surface area (Å²) in [7, 11) is 0. The first-order chi connectivity index (χ1) is 20.0. The Morgan fingerprint density at radius 2 is 1.90 bits per heavy atom. The number of nitrogens with zero attached hydrogens (tertiary/aromatic N) is 3. The molecular weight excluding hydrogens is 626 g/mol. The van der Waals surface area contributed by atoms with Gasteiger partial charge in [-0.15, -0.1) is 22.0 Å². The molecule has 1 aromatic heterocycles. The van der Waals surface area contributed by atoms with Crippen LogP contribution in [0.25, 0.3) is 0 Å². The standard InChI is InChI=1S/C26H22ClN5O7S3/c1-11-30-31-26(42-11)41-10-14-9-40-24-19(23(37)32(24)20(14)25(38)39)29-22(36)18(12-2-5-15(33)6-3-12)28-21(35)13-4-7-17(34)16(27)8-13/h2-8,18-19,24,33-34H,9-10H2,1H3,(H,28,35)(H,29,36)(H,38,39)/t18?,19?,24-/m1/s1. The lowest BCUT2D eigenvalue weighted by atomic mass is 10.0. The van der Waals surface area contributed by atoms with Gasteiger partial charge >= 0.3 is 5.97 Å². The van der Waals surface area contributed by atoms with Crippen LogP contribution in [0.2, 0.25) is 5.02 Å². The maximum Gasteiger partial charge on any atom is 0.352 e. The number of carbonyl (C=O) groups excluding carboxylic acids is 3. The number of fused-ring (bicyclic) bond motifs is 1. The van der Waals surface area contributed by atoms with E-state index in [2.05, 4.69) is 20.8 Å². The first-order valence-corrected chi connectivity index (χ1v) is 15.5. The van der Waals surface area contributed by atoms with E-state index in [1.165, 1.54) is 82.2 Å². The van der Waals surface area contributed by atoms with Gasteiger partial charge < -0.3 is 26.0 Å². The number of aromatic hydroxyl groups is 2. The average molecular weight is 648 g/mol. The highest BCUT2D eigenvalue weighted by atomic mass is 35.5. The lowest BCUT2D eigenvalue weighted by molar-refractivity contribution is -0.151. The number of aryl methyl sites for hydroxylation is 1. The topological polar surface area (TPSA) is 182 Å². The van der Waals surface area contributed by atoms with Crippen molar-refractivity contribution in [1.29, 1.82) is 0 Å². The number of carboxylic acid groups (broad SMARTS) is 1. The third kappa shape index (κ3) is 6.04. The number of carboxylic acids is 1. The predicted molar refractivity (Wildman–Crippen MR) is 156 cm³/mol. The van der Waals surface area contributed by atoms with Gasteiger partial charge in [0.1, 0.15) is 39.7 Å². The van der Waals surface area contributed by atoms with Gasteiger partial charge in [0.15, 0.2) is 4.34 Å². The van der Waals surface area contributed by atoms with E-state index in [4.69, 9.17) is 11.6 Å². The summed E-state index contributed by atoms with van der Waals surface area (Å²) in [4.78, 5) is 53.1. The molecular formula is C26H22ClN5O7S3. The van der Waals surface area contributed by atoms with E-state index >= 15 is 0 Å². The van der Waals surface area contributed by atoms with Gasteiger partial charge in [0.2, 0.25) is 5.91 Å². The van der Waals surface area contributed by atoms with Crippen molar-refractivity contribution < 1.29 is 34.5 Å². The fourth-order valence-electron chi connectivity index (χ4n) is 4.35. The zero-order valence-electron chi connectivity index (χ0n) is 21.6. The second kappa shape index (κ2) is 12.2. The van der Waals surface area contributed by atoms with Crippen molar-refractivity contribution in [3.8, 4) is 11.5 Å². The van der Waals surface area contributed by atoms with Crippen LogP contribution in [-0.4, -0.2) is 77.0 Å². The second-order valence-corrected chi connectivity index (χ2v) is 13.1. The lowest BCUT2D eigenvalue weighted by Gasteiger charge is -2.49. The summed E-state index contributed by atoms with van der Waals surface area (Å²) < 4.78 is 0.689. The number of aliphatic carboxylic acids is 1. The lowest BCUT2D eigenvalue weighted by Crippen LogP contribution is -2.71. The zero-order chi connectivity index (χ0) is 30.1. The number of hydrogen-bond donors (Lipinski definition) is 5. The molecule has 0 saturated carbocycles. The van der Waals surface area contributed by atoms with Crippen LogP contribution >= 0.6 is 46.5 Å². The first-order valence-electron chi connectivity index (χ1n) is 12.2. The van der Waals surface area contributed by atoms with E-state index in [-0.39, 0.29) is 27.8 Å². The third-order valence-corrected chi connectivity index (χ3v) is 10.1. The minimum Gasteiger partial charge on any atom is -0.508 e. The Bertz CT molecular complexity index is 1610. The van der Waals surface area contributed by atoms with Gasteiger partial charge in [0.25, 0.3) is 11.8 Å². The highest BCUT2D eigenvalue weighted by molar-refractivity contribution is 8.01. The molecule has 0 bridgehead atoms. The molecule has 3 heterocycles. The number of β-lactam (4-membered cyclic amide) rings is 1. The molecule has 0 spiro atoms. The van der Waals surface area contributed by atoms with Gasteiger partial charge in [0, 0.05) is 17.1 Å². The van der Waals surface area contributed by atoms with Crippen LogP contribution in [0.15, 0.2) is 58.1 Å². The quantitative estimate of drug-likeness (QED) is 0.170. The molecule has 2 aliphatic heterocycles. The summed E-state index contributed by atoms with van der Waals surface area (Å²) in [6.07, 6.45) is 0. The van der Waals surface area contributed by atoms with Crippen LogP contribution in [0.3, 0.4) is 0 Å². The summed E-state index contributed by atoms with van der Waals surface area (Å²) in [5.41, 5.74) is 0.839. The Morgan fingerprint density at radius 1 is 1.17 bits per heavy atom. The average Bonchev–Trinajstić information content (AvgIpc) is 3.39. The second-order valence-electron chi connectivity index (χ2n) is 9.19. The molecule has 5 N–H and O–H groups in total. The molecule has 5 rings (SSSR count). The summed E-state index contributed by atoms with van der Waals surface area (Å²) in [5.74, 6) is -2.86. The van der Waals surface area contributed by atoms with Crippen LogP contribution in [0, 0.1) is 6.92 Å². The largest absolute Gasteiger partial charge is 0.508 e. The van der Waals surface area contributed by atoms with Crippen LogP contribution in [0.1, 0.15) is 27.0 Å². The van der Waals surface area contributed by atoms with Gasteiger partial charge in [-0.25, -0.2) is 4.79 Å². The van der Waals surface area contributed by atoms with Gasteiger partial charge in [-0.05, 0) is 48.4 Å². The number of hydrogen-bond acceptors (Lipinski definition) is 11. The number of rotatable bonds is 9. The predicted octanol–water partition coefficient (Wildman–Crippen LogP) is 2.91. The number of carbonyl (C=O) groups is 4. The molecule has 12 nitrogen and oxygen atoms in total. The van der Waals surface area contributed by atoms with E-state index in [0.29, 0.717) is 27.0 Å². The molecule has 0 radical (unpaired) electrons. The van der Waals surface area contributed by atoms with Crippen molar-refractivity contribution in [1.82, 2.24) is 25.7 Å².